The summed E-state index contributed by atoms with van der Waals surface area (Å²) < 4.78 is 0. The third-order valence-electron chi connectivity index (χ3n) is 5.13. The average Bonchev–Trinajstić information content (AvgIpc) is 2.65. The van der Waals surface area contributed by atoms with Crippen molar-refractivity contribution in [2.45, 2.75) is 43.7 Å². The number of hydrogen-bond acceptors (Lipinski definition) is 2. The number of rotatable bonds is 3. The van der Waals surface area contributed by atoms with Gasteiger partial charge in [0.05, 0.1) is 0 Å². The number of carbonyl (C=O) groups is 1. The summed E-state index contributed by atoms with van der Waals surface area (Å²) in [6.45, 7) is 0. The molecule has 2 heterocycles. The molecule has 0 radical (unpaired) electrons. The van der Waals surface area contributed by atoms with E-state index in [4.69, 9.17) is 23.2 Å². The predicted molar refractivity (Wildman–Crippen MR) is 82.4 cm³/mol. The van der Waals surface area contributed by atoms with Crippen LogP contribution in [-0.2, 0) is 4.79 Å². The monoisotopic (exact) mass is 311 g/mol. The fourth-order valence-corrected chi connectivity index (χ4v) is 4.44. The lowest BCUT2D eigenvalue weighted by Gasteiger charge is -2.43. The summed E-state index contributed by atoms with van der Waals surface area (Å²) in [6, 6.07) is 9.21. The quantitative estimate of drug-likeness (QED) is 0.785. The van der Waals surface area contributed by atoms with Gasteiger partial charge in [-0.05, 0) is 67.4 Å². The highest BCUT2D eigenvalue weighted by atomic mass is 35.5. The molecule has 4 atom stereocenters. The van der Waals surface area contributed by atoms with Crippen LogP contribution in [0.3, 0.4) is 0 Å². The summed E-state index contributed by atoms with van der Waals surface area (Å²) in [5.74, 6) is 0.744. The molecule has 2 fully saturated rings. The minimum atomic E-state index is -0.215. The molecule has 1 aromatic carbocycles. The molecule has 0 amide bonds. The van der Waals surface area contributed by atoms with Crippen LogP contribution in [0.4, 0.5) is 0 Å². The topological polar surface area (TPSA) is 20.3 Å². The van der Waals surface area contributed by atoms with Crippen LogP contribution in [0.2, 0.25) is 5.02 Å². The Labute approximate surface area is 130 Å². The fourth-order valence-electron chi connectivity index (χ4n) is 4.13. The molecule has 3 rings (SSSR count). The molecule has 3 unspecified atom stereocenters. The Balaban J connectivity index is 1.91. The molecule has 1 aromatic rings. The van der Waals surface area contributed by atoms with Crippen LogP contribution >= 0.6 is 23.2 Å². The summed E-state index contributed by atoms with van der Waals surface area (Å²) in [4.78, 5) is 13.9. The van der Waals surface area contributed by atoms with Gasteiger partial charge in [-0.25, -0.2) is 0 Å². The number of hydrogen-bond donors (Lipinski definition) is 0. The summed E-state index contributed by atoms with van der Waals surface area (Å²) in [5.41, 5.74) is 1.29. The van der Waals surface area contributed by atoms with Gasteiger partial charge in [-0.15, -0.1) is 0 Å². The van der Waals surface area contributed by atoms with Gasteiger partial charge in [-0.1, -0.05) is 23.7 Å². The third kappa shape index (κ3) is 2.61. The van der Waals surface area contributed by atoms with E-state index in [2.05, 4.69) is 24.1 Å². The second kappa shape index (κ2) is 5.67. The summed E-state index contributed by atoms with van der Waals surface area (Å²) in [6.07, 6.45) is 4.00. The molecule has 2 nitrogen and oxygen atoms in total. The van der Waals surface area contributed by atoms with E-state index >= 15 is 0 Å². The smallest absolute Gasteiger partial charge is 0.221 e. The first-order valence-electron chi connectivity index (χ1n) is 7.22. The van der Waals surface area contributed by atoms with Crippen molar-refractivity contribution in [2.75, 3.05) is 7.05 Å². The van der Waals surface area contributed by atoms with Crippen LogP contribution in [0, 0.1) is 5.92 Å². The highest BCUT2D eigenvalue weighted by molar-refractivity contribution is 6.63. The number of halogens is 2. The highest BCUT2D eigenvalue weighted by Gasteiger charge is 2.46. The maximum absolute atomic E-state index is 11.5. The van der Waals surface area contributed by atoms with Crippen molar-refractivity contribution in [1.82, 2.24) is 4.90 Å². The van der Waals surface area contributed by atoms with Gasteiger partial charge in [0, 0.05) is 23.5 Å². The molecule has 2 bridgehead atoms. The number of nitrogens with zero attached hydrogens (tertiary/aromatic N) is 1. The first-order valence-corrected chi connectivity index (χ1v) is 7.97. The molecule has 4 heteroatoms. The highest BCUT2D eigenvalue weighted by Crippen LogP contribution is 2.47. The van der Waals surface area contributed by atoms with E-state index in [9.17, 15) is 4.79 Å². The van der Waals surface area contributed by atoms with Crippen molar-refractivity contribution >= 4 is 28.4 Å². The lowest BCUT2D eigenvalue weighted by atomic mass is 9.75. The van der Waals surface area contributed by atoms with Crippen LogP contribution < -0.4 is 0 Å². The predicted octanol–water partition coefficient (Wildman–Crippen LogP) is 4.06. The Morgan fingerprint density at radius 3 is 2.65 bits per heavy atom. The zero-order chi connectivity index (χ0) is 14.3. The molecular formula is C16H19Cl2NO. The van der Waals surface area contributed by atoms with E-state index in [1.54, 1.807) is 0 Å². The molecule has 0 aromatic heterocycles. The molecular weight excluding hydrogens is 293 g/mol. The van der Waals surface area contributed by atoms with Gasteiger partial charge in [0.15, 0.2) is 0 Å². The molecule has 0 aliphatic carbocycles. The summed E-state index contributed by atoms with van der Waals surface area (Å²) >= 11 is 11.7. The summed E-state index contributed by atoms with van der Waals surface area (Å²) in [5, 5.41) is 0.544. The van der Waals surface area contributed by atoms with Crippen molar-refractivity contribution in [3.63, 3.8) is 0 Å². The van der Waals surface area contributed by atoms with E-state index < -0.39 is 0 Å². The Kier molecular flexibility index (Phi) is 4.07. The molecule has 108 valence electrons. The van der Waals surface area contributed by atoms with Gasteiger partial charge in [-0.2, -0.15) is 0 Å². The number of piperidine rings is 1. The van der Waals surface area contributed by atoms with Gasteiger partial charge < -0.3 is 4.90 Å². The zero-order valence-electron chi connectivity index (χ0n) is 11.6. The Hall–Kier alpha value is -0.570. The third-order valence-corrected chi connectivity index (χ3v) is 5.53. The van der Waals surface area contributed by atoms with E-state index in [1.165, 1.54) is 18.4 Å². The number of carbonyl (C=O) groups excluding carboxylic acids is 1. The first-order chi connectivity index (χ1) is 9.56. The SMILES string of the molecule is CN1C2CCC1C(CC(=O)Cl)[C@@H](c1ccc(Cl)cc1)C2. The average molecular weight is 312 g/mol. The standard InChI is InChI=1S/C16H19Cl2NO/c1-19-12-6-7-15(19)14(9-16(18)20)13(8-12)10-2-4-11(17)5-3-10/h2-5,12-15H,6-9H2,1H3/t12?,13-,14?,15?/m1/s1. The molecule has 0 spiro atoms. The van der Waals surface area contributed by atoms with Crippen molar-refractivity contribution in [3.05, 3.63) is 34.9 Å². The fraction of sp³-hybridized carbons (Fsp3) is 0.562. The lowest BCUT2D eigenvalue weighted by molar-refractivity contribution is -0.113. The van der Waals surface area contributed by atoms with Crippen LogP contribution in [0.5, 0.6) is 0 Å². The Bertz CT molecular complexity index is 502. The van der Waals surface area contributed by atoms with Gasteiger partial charge >= 0.3 is 0 Å². The normalized spacial score (nSPS) is 33.4. The summed E-state index contributed by atoms with van der Waals surface area (Å²) in [7, 11) is 2.19. The van der Waals surface area contributed by atoms with Gasteiger partial charge in [0.1, 0.15) is 0 Å². The van der Waals surface area contributed by atoms with Crippen LogP contribution in [0.1, 0.15) is 37.2 Å². The molecule has 2 aliphatic rings. The van der Waals surface area contributed by atoms with Gasteiger partial charge in [0.2, 0.25) is 5.24 Å². The number of fused-ring (bicyclic) bond motifs is 2. The Morgan fingerprint density at radius 1 is 1.30 bits per heavy atom. The molecule has 2 aliphatic heterocycles. The second-order valence-electron chi connectivity index (χ2n) is 6.08. The second-order valence-corrected chi connectivity index (χ2v) is 6.94. The molecule has 0 saturated carbocycles. The van der Waals surface area contributed by atoms with E-state index in [1.807, 2.05) is 12.1 Å². The maximum Gasteiger partial charge on any atom is 0.221 e. The van der Waals surface area contributed by atoms with E-state index in [-0.39, 0.29) is 5.24 Å². The van der Waals surface area contributed by atoms with E-state index in [0.717, 1.165) is 11.4 Å². The minimum absolute atomic E-state index is 0.215. The lowest BCUT2D eigenvalue weighted by Crippen LogP contribution is -2.46. The molecule has 20 heavy (non-hydrogen) atoms. The van der Waals surface area contributed by atoms with Gasteiger partial charge in [0.25, 0.3) is 0 Å². The van der Waals surface area contributed by atoms with Crippen molar-refractivity contribution < 1.29 is 4.79 Å². The zero-order valence-corrected chi connectivity index (χ0v) is 13.1. The van der Waals surface area contributed by atoms with Crippen LogP contribution in [0.25, 0.3) is 0 Å². The van der Waals surface area contributed by atoms with Gasteiger partial charge in [-0.3, -0.25) is 4.79 Å². The molecule has 0 N–H and O–H groups in total. The van der Waals surface area contributed by atoms with Crippen molar-refractivity contribution in [3.8, 4) is 0 Å². The minimum Gasteiger partial charge on any atom is -0.300 e. The van der Waals surface area contributed by atoms with E-state index in [0.29, 0.717) is 30.3 Å². The Morgan fingerprint density at radius 2 is 2.00 bits per heavy atom. The van der Waals surface area contributed by atoms with Crippen LogP contribution in [0.15, 0.2) is 24.3 Å². The maximum atomic E-state index is 11.5. The molecule has 2 saturated heterocycles. The number of benzene rings is 1. The van der Waals surface area contributed by atoms with Crippen molar-refractivity contribution in [1.29, 1.82) is 0 Å². The van der Waals surface area contributed by atoms with Crippen molar-refractivity contribution in [2.24, 2.45) is 5.92 Å². The first kappa shape index (κ1) is 14.4. The van der Waals surface area contributed by atoms with Crippen LogP contribution in [-0.4, -0.2) is 29.3 Å². The largest absolute Gasteiger partial charge is 0.300 e.